The highest BCUT2D eigenvalue weighted by atomic mass is 19.1. The van der Waals surface area contributed by atoms with E-state index in [0.29, 0.717) is 55.5 Å². The van der Waals surface area contributed by atoms with E-state index in [1.165, 1.54) is 6.07 Å². The van der Waals surface area contributed by atoms with Crippen molar-refractivity contribution in [2.45, 2.75) is 19.0 Å². The van der Waals surface area contributed by atoms with Gasteiger partial charge in [0.15, 0.2) is 11.5 Å². The second-order valence-corrected chi connectivity index (χ2v) is 9.24. The van der Waals surface area contributed by atoms with Gasteiger partial charge in [0.1, 0.15) is 5.82 Å². The molecule has 2 heterocycles. The number of fused-ring (bicyclic) bond motifs is 1. The maximum Gasteiger partial charge on any atom is 0.255 e. The van der Waals surface area contributed by atoms with E-state index in [-0.39, 0.29) is 24.1 Å². The smallest absolute Gasteiger partial charge is 0.255 e. The SMILES string of the molecule is COc1ccc([C@H](CC(=O)N2CCN(c3ccccc3F)CC2)N2Cc3ccccc3C2=O)cc1OC. The van der Waals surface area contributed by atoms with Crippen LogP contribution in [0.15, 0.2) is 66.7 Å². The van der Waals surface area contributed by atoms with Crippen molar-refractivity contribution in [2.24, 2.45) is 0 Å². The average Bonchev–Trinajstić information content (AvgIpc) is 3.27. The summed E-state index contributed by atoms with van der Waals surface area (Å²) >= 11 is 0. The summed E-state index contributed by atoms with van der Waals surface area (Å²) in [7, 11) is 3.13. The second-order valence-electron chi connectivity index (χ2n) is 9.24. The molecule has 3 aromatic carbocycles. The Balaban J connectivity index is 1.37. The second kappa shape index (κ2) is 10.5. The first kappa shape index (κ1) is 24.6. The number of methoxy groups -OCH3 is 2. The van der Waals surface area contributed by atoms with Crippen molar-refractivity contribution in [3.8, 4) is 11.5 Å². The van der Waals surface area contributed by atoms with Gasteiger partial charge in [0.2, 0.25) is 5.91 Å². The lowest BCUT2D eigenvalue weighted by Crippen LogP contribution is -2.49. The van der Waals surface area contributed by atoms with Crippen molar-refractivity contribution in [3.63, 3.8) is 0 Å². The number of carbonyl (C=O) groups is 2. The van der Waals surface area contributed by atoms with E-state index in [9.17, 15) is 14.0 Å². The predicted octanol–water partition coefficient (Wildman–Crippen LogP) is 4.28. The molecule has 1 fully saturated rings. The molecular weight excluding hydrogens is 473 g/mol. The van der Waals surface area contributed by atoms with E-state index in [1.807, 2.05) is 47.4 Å². The Labute approximate surface area is 216 Å². The minimum Gasteiger partial charge on any atom is -0.493 e. The summed E-state index contributed by atoms with van der Waals surface area (Å²) in [5.41, 5.74) is 2.97. The van der Waals surface area contributed by atoms with Crippen molar-refractivity contribution < 1.29 is 23.5 Å². The molecule has 8 heteroatoms. The van der Waals surface area contributed by atoms with Gasteiger partial charge in [0.25, 0.3) is 5.91 Å². The number of halogens is 1. The molecule has 37 heavy (non-hydrogen) atoms. The molecule has 0 aromatic heterocycles. The van der Waals surface area contributed by atoms with Gasteiger partial charge in [0.05, 0.1) is 32.4 Å². The van der Waals surface area contributed by atoms with Crippen molar-refractivity contribution in [1.82, 2.24) is 9.80 Å². The topological polar surface area (TPSA) is 62.3 Å². The normalized spacial score (nSPS) is 16.0. The standard InChI is InChI=1S/C29H30FN3O4/c1-36-26-12-11-20(17-27(26)37-2)25(33-19-21-7-3-4-8-22(21)29(33)35)18-28(34)32-15-13-31(14-16-32)24-10-6-5-9-23(24)30/h3-12,17,25H,13-16,18-19H2,1-2H3/t25-/m0/s1. The summed E-state index contributed by atoms with van der Waals surface area (Å²) in [6.45, 7) is 2.49. The van der Waals surface area contributed by atoms with E-state index in [2.05, 4.69) is 0 Å². The number of nitrogens with zero attached hydrogens (tertiary/aromatic N) is 3. The van der Waals surface area contributed by atoms with Crippen LogP contribution in [0.3, 0.4) is 0 Å². The van der Waals surface area contributed by atoms with Crippen LogP contribution in [-0.2, 0) is 11.3 Å². The highest BCUT2D eigenvalue weighted by Crippen LogP contribution is 2.37. The lowest BCUT2D eigenvalue weighted by atomic mass is 10.00. The van der Waals surface area contributed by atoms with Gasteiger partial charge in [-0.2, -0.15) is 0 Å². The molecule has 0 spiro atoms. The molecule has 1 atom stereocenters. The van der Waals surface area contributed by atoms with Gasteiger partial charge in [-0.15, -0.1) is 0 Å². The highest BCUT2D eigenvalue weighted by molar-refractivity contribution is 5.99. The number of hydrogen-bond donors (Lipinski definition) is 0. The summed E-state index contributed by atoms with van der Waals surface area (Å²) in [6, 6.07) is 19.3. The molecule has 5 rings (SSSR count). The molecule has 1 saturated heterocycles. The van der Waals surface area contributed by atoms with Crippen LogP contribution in [0.5, 0.6) is 11.5 Å². The van der Waals surface area contributed by atoms with Crippen LogP contribution in [0.4, 0.5) is 10.1 Å². The molecular formula is C29H30FN3O4. The fourth-order valence-corrected chi connectivity index (χ4v) is 5.20. The molecule has 2 aliphatic heterocycles. The van der Waals surface area contributed by atoms with Crippen LogP contribution < -0.4 is 14.4 Å². The zero-order chi connectivity index (χ0) is 25.9. The average molecular weight is 504 g/mol. The third-order valence-electron chi connectivity index (χ3n) is 7.21. The lowest BCUT2D eigenvalue weighted by molar-refractivity contribution is -0.132. The van der Waals surface area contributed by atoms with Gasteiger partial charge in [-0.25, -0.2) is 4.39 Å². The number of ether oxygens (including phenoxy) is 2. The van der Waals surface area contributed by atoms with E-state index < -0.39 is 6.04 Å². The number of rotatable bonds is 7. The molecule has 192 valence electrons. The quantitative estimate of drug-likeness (QED) is 0.482. The Bertz CT molecular complexity index is 1310. The van der Waals surface area contributed by atoms with Crippen LogP contribution in [-0.4, -0.2) is 62.0 Å². The first-order chi connectivity index (χ1) is 18.0. The number of anilines is 1. The van der Waals surface area contributed by atoms with Gasteiger partial charge in [-0.3, -0.25) is 9.59 Å². The number of para-hydroxylation sites is 1. The molecule has 0 aliphatic carbocycles. The Morgan fingerprint density at radius 3 is 2.32 bits per heavy atom. The van der Waals surface area contributed by atoms with Crippen LogP contribution in [0.2, 0.25) is 0 Å². The zero-order valence-corrected chi connectivity index (χ0v) is 21.0. The number of carbonyl (C=O) groups excluding carboxylic acids is 2. The maximum absolute atomic E-state index is 14.2. The summed E-state index contributed by atoms with van der Waals surface area (Å²) < 4.78 is 25.1. The molecule has 3 aromatic rings. The predicted molar refractivity (Wildman–Crippen MR) is 138 cm³/mol. The number of piperazine rings is 1. The summed E-state index contributed by atoms with van der Waals surface area (Å²) in [5, 5.41) is 0. The summed E-state index contributed by atoms with van der Waals surface area (Å²) in [4.78, 5) is 32.5. The van der Waals surface area contributed by atoms with Gasteiger partial charge < -0.3 is 24.2 Å². The van der Waals surface area contributed by atoms with Crippen LogP contribution in [0.25, 0.3) is 0 Å². The molecule has 0 saturated carbocycles. The Kier molecular flexibility index (Phi) is 6.99. The molecule has 0 unspecified atom stereocenters. The van der Waals surface area contributed by atoms with E-state index in [1.54, 1.807) is 42.2 Å². The molecule has 7 nitrogen and oxygen atoms in total. The Morgan fingerprint density at radius 2 is 1.62 bits per heavy atom. The van der Waals surface area contributed by atoms with Crippen molar-refractivity contribution in [1.29, 1.82) is 0 Å². The molecule has 0 N–H and O–H groups in total. The maximum atomic E-state index is 14.2. The van der Waals surface area contributed by atoms with Crippen LogP contribution >= 0.6 is 0 Å². The number of benzene rings is 3. The van der Waals surface area contributed by atoms with Gasteiger partial charge in [-0.1, -0.05) is 36.4 Å². The largest absolute Gasteiger partial charge is 0.493 e. The third-order valence-corrected chi connectivity index (χ3v) is 7.21. The molecule has 0 radical (unpaired) electrons. The van der Waals surface area contributed by atoms with Gasteiger partial charge in [-0.05, 0) is 41.5 Å². The third kappa shape index (κ3) is 4.83. The van der Waals surface area contributed by atoms with Crippen molar-refractivity contribution in [3.05, 3.63) is 89.2 Å². The Morgan fingerprint density at radius 1 is 0.919 bits per heavy atom. The first-order valence-corrected chi connectivity index (χ1v) is 12.4. The summed E-state index contributed by atoms with van der Waals surface area (Å²) in [6.07, 6.45) is 0.134. The first-order valence-electron chi connectivity index (χ1n) is 12.4. The van der Waals surface area contributed by atoms with E-state index >= 15 is 0 Å². The summed E-state index contributed by atoms with van der Waals surface area (Å²) in [5.74, 6) is 0.726. The van der Waals surface area contributed by atoms with Crippen molar-refractivity contribution in [2.75, 3.05) is 45.3 Å². The fraction of sp³-hybridized carbons (Fsp3) is 0.310. The fourth-order valence-electron chi connectivity index (χ4n) is 5.20. The number of hydrogen-bond acceptors (Lipinski definition) is 5. The minimum absolute atomic E-state index is 0.0447. The lowest BCUT2D eigenvalue weighted by Gasteiger charge is -2.37. The van der Waals surface area contributed by atoms with Gasteiger partial charge in [0, 0.05) is 38.3 Å². The molecule has 2 amide bonds. The monoisotopic (exact) mass is 503 g/mol. The zero-order valence-electron chi connectivity index (χ0n) is 21.0. The molecule has 0 bridgehead atoms. The highest BCUT2D eigenvalue weighted by Gasteiger charge is 2.36. The number of amides is 2. The van der Waals surface area contributed by atoms with Crippen molar-refractivity contribution >= 4 is 17.5 Å². The minimum atomic E-state index is -0.475. The van der Waals surface area contributed by atoms with Crippen LogP contribution in [0.1, 0.15) is 33.9 Å². The van der Waals surface area contributed by atoms with Crippen LogP contribution in [0, 0.1) is 5.82 Å². The van der Waals surface area contributed by atoms with Gasteiger partial charge >= 0.3 is 0 Å². The molecule has 2 aliphatic rings. The van der Waals surface area contributed by atoms with E-state index in [0.717, 1.165) is 11.1 Å². The Hall–Kier alpha value is -4.07. The van der Waals surface area contributed by atoms with E-state index in [4.69, 9.17) is 9.47 Å².